The number of aromatic amines is 1. The molecule has 0 unspecified atom stereocenters. The van der Waals surface area contributed by atoms with Crippen LogP contribution in [-0.4, -0.2) is 40.0 Å². The third-order valence-corrected chi connectivity index (χ3v) is 2.62. The van der Waals surface area contributed by atoms with Crippen molar-refractivity contribution in [3.63, 3.8) is 0 Å². The minimum absolute atomic E-state index is 0. The Kier molecular flexibility index (Phi) is 4.91. The number of nitrogens with one attached hydrogen (secondary N) is 2. The normalized spacial score (nSPS) is 9.95. The van der Waals surface area contributed by atoms with E-state index in [9.17, 15) is 4.79 Å². The summed E-state index contributed by atoms with van der Waals surface area (Å²) in [6.07, 6.45) is 0. The first-order chi connectivity index (χ1) is 8.63. The SMILES string of the molecule is Cl.N=C(N)N(CCO)C(=O)c1cc2ccccc2[nH]1. The molecule has 0 aliphatic rings. The van der Waals surface area contributed by atoms with Gasteiger partial charge in [0.2, 0.25) is 0 Å². The van der Waals surface area contributed by atoms with Gasteiger partial charge in [-0.3, -0.25) is 15.1 Å². The average molecular weight is 283 g/mol. The van der Waals surface area contributed by atoms with Crippen LogP contribution in [0.3, 0.4) is 0 Å². The number of carbonyl (C=O) groups is 1. The summed E-state index contributed by atoms with van der Waals surface area (Å²) in [5, 5.41) is 17.1. The summed E-state index contributed by atoms with van der Waals surface area (Å²) in [5.74, 6) is -0.805. The maximum Gasteiger partial charge on any atom is 0.277 e. The van der Waals surface area contributed by atoms with Crippen molar-refractivity contribution in [2.24, 2.45) is 5.73 Å². The zero-order valence-corrected chi connectivity index (χ0v) is 10.9. The number of guanidine groups is 1. The highest BCUT2D eigenvalue weighted by molar-refractivity contribution is 6.05. The Bertz CT molecular complexity index is 563. The maximum absolute atomic E-state index is 12.1. The second-order valence-corrected chi connectivity index (χ2v) is 3.84. The number of hydrogen-bond donors (Lipinski definition) is 4. The van der Waals surface area contributed by atoms with Crippen molar-refractivity contribution in [3.05, 3.63) is 36.0 Å². The van der Waals surface area contributed by atoms with Gasteiger partial charge in [0, 0.05) is 10.9 Å². The quantitative estimate of drug-likeness (QED) is 0.497. The van der Waals surface area contributed by atoms with E-state index >= 15 is 0 Å². The molecule has 6 nitrogen and oxygen atoms in total. The monoisotopic (exact) mass is 282 g/mol. The number of para-hydroxylation sites is 1. The molecule has 1 amide bonds. The number of aliphatic hydroxyl groups is 1. The summed E-state index contributed by atoms with van der Waals surface area (Å²) in [5.41, 5.74) is 6.51. The predicted octanol–water partition coefficient (Wildman–Crippen LogP) is 0.918. The fraction of sp³-hybridized carbons (Fsp3) is 0.167. The van der Waals surface area contributed by atoms with E-state index in [1.807, 2.05) is 24.3 Å². The fourth-order valence-electron chi connectivity index (χ4n) is 1.77. The lowest BCUT2D eigenvalue weighted by Crippen LogP contribution is -2.43. The van der Waals surface area contributed by atoms with Crippen LogP contribution in [0.15, 0.2) is 30.3 Å². The van der Waals surface area contributed by atoms with Crippen LogP contribution >= 0.6 is 12.4 Å². The van der Waals surface area contributed by atoms with Crippen LogP contribution < -0.4 is 5.73 Å². The third kappa shape index (κ3) is 3.04. The maximum atomic E-state index is 12.1. The Labute approximate surface area is 116 Å². The largest absolute Gasteiger partial charge is 0.395 e. The van der Waals surface area contributed by atoms with E-state index < -0.39 is 5.91 Å². The first kappa shape index (κ1) is 15.0. The van der Waals surface area contributed by atoms with E-state index in [0.29, 0.717) is 5.69 Å². The molecule has 2 aromatic rings. The first-order valence-corrected chi connectivity index (χ1v) is 5.48. The molecule has 102 valence electrons. The number of rotatable bonds is 3. The molecule has 5 N–H and O–H groups in total. The second kappa shape index (κ2) is 6.21. The van der Waals surface area contributed by atoms with Gasteiger partial charge in [0.1, 0.15) is 5.69 Å². The number of carbonyl (C=O) groups excluding carboxylic acids is 1. The minimum atomic E-state index is -0.423. The van der Waals surface area contributed by atoms with Gasteiger partial charge in [-0.2, -0.15) is 0 Å². The number of H-pyrrole nitrogens is 1. The number of nitrogens with two attached hydrogens (primary N) is 1. The highest BCUT2D eigenvalue weighted by atomic mass is 35.5. The third-order valence-electron chi connectivity index (χ3n) is 2.62. The lowest BCUT2D eigenvalue weighted by Gasteiger charge is -2.18. The molecular weight excluding hydrogens is 268 g/mol. The molecule has 1 aromatic heterocycles. The molecule has 0 atom stereocenters. The molecule has 0 radical (unpaired) electrons. The van der Waals surface area contributed by atoms with Gasteiger partial charge >= 0.3 is 0 Å². The number of nitrogens with zero attached hydrogens (tertiary/aromatic N) is 1. The van der Waals surface area contributed by atoms with Gasteiger partial charge in [0.15, 0.2) is 5.96 Å². The molecule has 0 aliphatic carbocycles. The van der Waals surface area contributed by atoms with E-state index in [2.05, 4.69) is 4.98 Å². The van der Waals surface area contributed by atoms with Gasteiger partial charge in [-0.1, -0.05) is 18.2 Å². The predicted molar refractivity (Wildman–Crippen MR) is 75.6 cm³/mol. The number of aliphatic hydroxyl groups excluding tert-OH is 1. The number of aromatic nitrogens is 1. The Balaban J connectivity index is 0.00000180. The van der Waals surface area contributed by atoms with Crippen LogP contribution in [0.2, 0.25) is 0 Å². The molecule has 0 aliphatic heterocycles. The highest BCUT2D eigenvalue weighted by Gasteiger charge is 2.19. The van der Waals surface area contributed by atoms with Gasteiger partial charge in [0.25, 0.3) is 5.91 Å². The first-order valence-electron chi connectivity index (χ1n) is 5.48. The average Bonchev–Trinajstić information content (AvgIpc) is 2.78. The molecule has 19 heavy (non-hydrogen) atoms. The molecule has 7 heteroatoms. The second-order valence-electron chi connectivity index (χ2n) is 3.84. The van der Waals surface area contributed by atoms with E-state index in [1.54, 1.807) is 6.07 Å². The van der Waals surface area contributed by atoms with Crippen LogP contribution in [0.5, 0.6) is 0 Å². The number of benzene rings is 1. The zero-order chi connectivity index (χ0) is 13.1. The summed E-state index contributed by atoms with van der Waals surface area (Å²) >= 11 is 0. The van der Waals surface area contributed by atoms with Gasteiger partial charge in [-0.25, -0.2) is 0 Å². The molecule has 0 fully saturated rings. The zero-order valence-electron chi connectivity index (χ0n) is 10.1. The topological polar surface area (TPSA) is 106 Å². The van der Waals surface area contributed by atoms with Crippen molar-refractivity contribution in [1.29, 1.82) is 5.41 Å². The molecule has 2 rings (SSSR count). The summed E-state index contributed by atoms with van der Waals surface area (Å²) < 4.78 is 0. The lowest BCUT2D eigenvalue weighted by atomic mass is 10.2. The lowest BCUT2D eigenvalue weighted by molar-refractivity contribution is 0.0818. The number of fused-ring (bicyclic) bond motifs is 1. The molecule has 0 spiro atoms. The van der Waals surface area contributed by atoms with Crippen molar-refractivity contribution in [3.8, 4) is 0 Å². The van der Waals surface area contributed by atoms with Crippen molar-refractivity contribution >= 4 is 35.2 Å². The molecule has 0 bridgehead atoms. The molecule has 0 saturated heterocycles. The van der Waals surface area contributed by atoms with Crippen molar-refractivity contribution in [2.75, 3.05) is 13.2 Å². The minimum Gasteiger partial charge on any atom is -0.395 e. The molecule has 1 heterocycles. The highest BCUT2D eigenvalue weighted by Crippen LogP contribution is 2.15. The van der Waals surface area contributed by atoms with Gasteiger partial charge in [-0.15, -0.1) is 12.4 Å². The standard InChI is InChI=1S/C12H14N4O2.ClH/c13-12(14)16(5-6-17)11(18)10-7-8-3-1-2-4-9(8)15-10;/h1-4,7,15,17H,5-6H2,(H3,13,14);1H. The molecule has 1 aromatic carbocycles. The Morgan fingerprint density at radius 1 is 1.42 bits per heavy atom. The summed E-state index contributed by atoms with van der Waals surface area (Å²) in [7, 11) is 0. The smallest absolute Gasteiger partial charge is 0.277 e. The number of halogens is 1. The van der Waals surface area contributed by atoms with E-state index in [1.165, 1.54) is 0 Å². The molecular formula is C12H15ClN4O2. The van der Waals surface area contributed by atoms with Crippen molar-refractivity contribution in [2.45, 2.75) is 0 Å². The van der Waals surface area contributed by atoms with Crippen LogP contribution in [0.4, 0.5) is 0 Å². The summed E-state index contributed by atoms with van der Waals surface area (Å²) in [6, 6.07) is 9.18. The van der Waals surface area contributed by atoms with Crippen LogP contribution in [-0.2, 0) is 0 Å². The van der Waals surface area contributed by atoms with Crippen LogP contribution in [0.1, 0.15) is 10.5 Å². The van der Waals surface area contributed by atoms with E-state index in [0.717, 1.165) is 15.8 Å². The molecule has 0 saturated carbocycles. The number of hydrogen-bond acceptors (Lipinski definition) is 3. The Morgan fingerprint density at radius 2 is 2.11 bits per heavy atom. The van der Waals surface area contributed by atoms with Crippen LogP contribution in [0.25, 0.3) is 10.9 Å². The van der Waals surface area contributed by atoms with E-state index in [-0.39, 0.29) is 31.5 Å². The number of amides is 1. The van der Waals surface area contributed by atoms with Gasteiger partial charge < -0.3 is 15.8 Å². The summed E-state index contributed by atoms with van der Waals surface area (Å²) in [6.45, 7) is -0.241. The van der Waals surface area contributed by atoms with Gasteiger partial charge in [0.05, 0.1) is 13.2 Å². The van der Waals surface area contributed by atoms with Crippen molar-refractivity contribution < 1.29 is 9.90 Å². The van der Waals surface area contributed by atoms with Crippen molar-refractivity contribution in [1.82, 2.24) is 9.88 Å². The van der Waals surface area contributed by atoms with E-state index in [4.69, 9.17) is 16.2 Å². The Hall–Kier alpha value is -2.05. The van der Waals surface area contributed by atoms with Crippen LogP contribution in [0, 0.1) is 5.41 Å². The van der Waals surface area contributed by atoms with Gasteiger partial charge in [-0.05, 0) is 12.1 Å². The fourth-order valence-corrected chi connectivity index (χ4v) is 1.77. The Morgan fingerprint density at radius 3 is 2.68 bits per heavy atom. The summed E-state index contributed by atoms with van der Waals surface area (Å²) in [4.78, 5) is 16.1.